The zero-order valence-corrected chi connectivity index (χ0v) is 20.9. The third-order valence-corrected chi connectivity index (χ3v) is 8.12. The van der Waals surface area contributed by atoms with Crippen molar-refractivity contribution in [3.63, 3.8) is 0 Å². The zero-order valence-electron chi connectivity index (χ0n) is 19.9. The number of nitrogens with zero attached hydrogens (tertiary/aromatic N) is 4. The number of hydrogen-bond donors (Lipinski definition) is 1. The van der Waals surface area contributed by atoms with Crippen molar-refractivity contribution in [1.82, 2.24) is 18.6 Å². The molecule has 1 fully saturated rings. The van der Waals surface area contributed by atoms with Gasteiger partial charge in [-0.2, -0.15) is 0 Å². The summed E-state index contributed by atoms with van der Waals surface area (Å²) < 4.78 is 10.5. The number of hydrogen-bond acceptors (Lipinski definition) is 4. The fourth-order valence-electron chi connectivity index (χ4n) is 4.39. The molecule has 34 heavy (non-hydrogen) atoms. The Hall–Kier alpha value is -3.11. The standard InChI is InChI=1S/C24H32N4O5Si/c1-34(2,3)16-15-33-17-28-22(29)10-14-27(23(28)30)21-6-4-5-20-19(21)9-13-26(20)18-7-11-25(12-8-18)24(31)32/h4-6,9-10,13-14,18H,7-8,11-12,15-17H2,1-3H3,(H,31,32). The monoisotopic (exact) mass is 484 g/mol. The molecule has 0 unspecified atom stereocenters. The minimum atomic E-state index is -1.27. The predicted molar refractivity (Wildman–Crippen MR) is 134 cm³/mol. The van der Waals surface area contributed by atoms with E-state index in [0.717, 1.165) is 34.4 Å². The van der Waals surface area contributed by atoms with Gasteiger partial charge in [0, 0.05) is 57.7 Å². The molecule has 1 N–H and O–H groups in total. The van der Waals surface area contributed by atoms with Gasteiger partial charge in [0.1, 0.15) is 6.73 Å². The molecule has 2 aromatic heterocycles. The second kappa shape index (κ2) is 9.63. The Kier molecular flexibility index (Phi) is 6.81. The lowest BCUT2D eigenvalue weighted by Gasteiger charge is -2.31. The van der Waals surface area contributed by atoms with Crippen LogP contribution in [0.25, 0.3) is 16.6 Å². The maximum Gasteiger partial charge on any atom is 0.407 e. The highest BCUT2D eigenvalue weighted by molar-refractivity contribution is 6.76. The van der Waals surface area contributed by atoms with Crippen molar-refractivity contribution >= 4 is 25.1 Å². The second-order valence-electron chi connectivity index (χ2n) is 10.0. The number of fused-ring (bicyclic) bond motifs is 1. The molecule has 1 aliphatic heterocycles. The number of carbonyl (C=O) groups is 1. The Bertz CT molecular complexity index is 1300. The third kappa shape index (κ3) is 5.02. The van der Waals surface area contributed by atoms with Gasteiger partial charge in [-0.05, 0) is 37.1 Å². The summed E-state index contributed by atoms with van der Waals surface area (Å²) in [5.74, 6) is 0. The molecule has 182 valence electrons. The molecule has 0 radical (unpaired) electrons. The summed E-state index contributed by atoms with van der Waals surface area (Å²) in [4.78, 5) is 38.3. The Labute approximate surface area is 198 Å². The lowest BCUT2D eigenvalue weighted by atomic mass is 10.0. The molecular formula is C24H32N4O5Si. The van der Waals surface area contributed by atoms with E-state index in [0.29, 0.717) is 25.4 Å². The van der Waals surface area contributed by atoms with E-state index in [9.17, 15) is 19.5 Å². The second-order valence-corrected chi connectivity index (χ2v) is 15.6. The summed E-state index contributed by atoms with van der Waals surface area (Å²) in [6.45, 7) is 8.21. The van der Waals surface area contributed by atoms with E-state index in [1.54, 1.807) is 0 Å². The van der Waals surface area contributed by atoms with E-state index >= 15 is 0 Å². The van der Waals surface area contributed by atoms with Gasteiger partial charge >= 0.3 is 11.8 Å². The van der Waals surface area contributed by atoms with Crippen LogP contribution in [0.15, 0.2) is 52.3 Å². The number of benzene rings is 1. The number of piperidine rings is 1. The molecule has 4 rings (SSSR count). The smallest absolute Gasteiger partial charge is 0.407 e. The van der Waals surface area contributed by atoms with E-state index in [-0.39, 0.29) is 18.3 Å². The molecule has 9 nitrogen and oxygen atoms in total. The molecule has 1 amide bonds. The zero-order chi connectivity index (χ0) is 24.5. The summed E-state index contributed by atoms with van der Waals surface area (Å²) in [5.41, 5.74) is 0.849. The number of carboxylic acid groups (broad SMARTS) is 1. The fourth-order valence-corrected chi connectivity index (χ4v) is 5.15. The maximum absolute atomic E-state index is 13.2. The molecule has 0 atom stereocenters. The average Bonchev–Trinajstić information content (AvgIpc) is 3.22. The third-order valence-electron chi connectivity index (χ3n) is 6.41. The molecule has 1 aliphatic rings. The fraction of sp³-hybridized carbons (Fsp3) is 0.458. The molecule has 0 saturated carbocycles. The van der Waals surface area contributed by atoms with Gasteiger partial charge in [-0.25, -0.2) is 14.2 Å². The van der Waals surface area contributed by atoms with Crippen LogP contribution in [-0.4, -0.2) is 57.6 Å². The molecule has 0 aliphatic carbocycles. The molecule has 0 bridgehead atoms. The van der Waals surface area contributed by atoms with Gasteiger partial charge in [0.15, 0.2) is 0 Å². The van der Waals surface area contributed by atoms with E-state index in [1.165, 1.54) is 21.7 Å². The topological polar surface area (TPSA) is 98.7 Å². The summed E-state index contributed by atoms with van der Waals surface area (Å²) in [6, 6.07) is 10.3. The Balaban J connectivity index is 1.61. The minimum Gasteiger partial charge on any atom is -0.465 e. The summed E-state index contributed by atoms with van der Waals surface area (Å²) >= 11 is 0. The summed E-state index contributed by atoms with van der Waals surface area (Å²) in [6.07, 6.45) is 4.10. The highest BCUT2D eigenvalue weighted by atomic mass is 28.3. The number of ether oxygens (including phenoxy) is 1. The summed E-state index contributed by atoms with van der Waals surface area (Å²) in [7, 11) is -1.27. The van der Waals surface area contributed by atoms with Crippen molar-refractivity contribution in [2.24, 2.45) is 0 Å². The quantitative estimate of drug-likeness (QED) is 0.408. The lowest BCUT2D eigenvalue weighted by molar-refractivity contribution is 0.0810. The van der Waals surface area contributed by atoms with Crippen LogP contribution >= 0.6 is 0 Å². The van der Waals surface area contributed by atoms with Crippen LogP contribution in [-0.2, 0) is 11.5 Å². The number of aromatic nitrogens is 3. The Morgan fingerprint density at radius 2 is 1.82 bits per heavy atom. The number of likely N-dealkylation sites (tertiary alicyclic amines) is 1. The van der Waals surface area contributed by atoms with E-state index in [2.05, 4.69) is 24.2 Å². The average molecular weight is 485 g/mol. The van der Waals surface area contributed by atoms with Crippen LogP contribution in [0.2, 0.25) is 25.7 Å². The van der Waals surface area contributed by atoms with E-state index < -0.39 is 19.9 Å². The summed E-state index contributed by atoms with van der Waals surface area (Å²) in [5, 5.41) is 10.1. The van der Waals surface area contributed by atoms with Crippen LogP contribution in [0, 0.1) is 0 Å². The first-order valence-corrected chi connectivity index (χ1v) is 15.3. The first-order valence-electron chi connectivity index (χ1n) is 11.6. The van der Waals surface area contributed by atoms with Gasteiger partial charge < -0.3 is 19.3 Å². The molecule has 1 saturated heterocycles. The van der Waals surface area contributed by atoms with Crippen LogP contribution in [0.5, 0.6) is 0 Å². The largest absolute Gasteiger partial charge is 0.465 e. The highest BCUT2D eigenvalue weighted by Crippen LogP contribution is 2.30. The van der Waals surface area contributed by atoms with Crippen molar-refractivity contribution in [3.8, 4) is 5.69 Å². The van der Waals surface area contributed by atoms with Crippen LogP contribution in [0.4, 0.5) is 4.79 Å². The van der Waals surface area contributed by atoms with E-state index in [4.69, 9.17) is 4.74 Å². The van der Waals surface area contributed by atoms with Crippen LogP contribution in [0.3, 0.4) is 0 Å². The van der Waals surface area contributed by atoms with Gasteiger partial charge in [0.05, 0.1) is 11.2 Å². The SMILES string of the molecule is C[Si](C)(C)CCOCn1c(=O)ccn(-c2cccc3c2ccn3C2CCN(C(=O)O)CC2)c1=O. The van der Waals surface area contributed by atoms with Gasteiger partial charge in [-0.3, -0.25) is 9.36 Å². The predicted octanol–water partition coefficient (Wildman–Crippen LogP) is 3.58. The van der Waals surface area contributed by atoms with E-state index in [1.807, 2.05) is 30.5 Å². The van der Waals surface area contributed by atoms with Crippen LogP contribution in [0.1, 0.15) is 18.9 Å². The first-order chi connectivity index (χ1) is 16.2. The molecular weight excluding hydrogens is 452 g/mol. The molecule has 10 heteroatoms. The van der Waals surface area contributed by atoms with Gasteiger partial charge in [-0.15, -0.1) is 0 Å². The van der Waals surface area contributed by atoms with Gasteiger partial charge in [0.25, 0.3) is 5.56 Å². The van der Waals surface area contributed by atoms with Crippen molar-refractivity contribution in [3.05, 3.63) is 63.6 Å². The van der Waals surface area contributed by atoms with Crippen molar-refractivity contribution < 1.29 is 14.6 Å². The van der Waals surface area contributed by atoms with Crippen molar-refractivity contribution in [1.29, 1.82) is 0 Å². The number of amides is 1. The number of rotatable bonds is 7. The van der Waals surface area contributed by atoms with Crippen LogP contribution < -0.4 is 11.2 Å². The van der Waals surface area contributed by atoms with Gasteiger partial charge in [0.2, 0.25) is 0 Å². The first kappa shape index (κ1) is 24.0. The molecule has 3 aromatic rings. The molecule has 1 aromatic carbocycles. The molecule has 3 heterocycles. The minimum absolute atomic E-state index is 0.0673. The van der Waals surface area contributed by atoms with Gasteiger partial charge in [-0.1, -0.05) is 25.7 Å². The van der Waals surface area contributed by atoms with Crippen molar-refractivity contribution in [2.75, 3.05) is 19.7 Å². The lowest BCUT2D eigenvalue weighted by Crippen LogP contribution is -2.39. The highest BCUT2D eigenvalue weighted by Gasteiger charge is 2.24. The Morgan fingerprint density at radius 3 is 2.50 bits per heavy atom. The van der Waals surface area contributed by atoms with Crippen molar-refractivity contribution in [2.45, 2.75) is 51.3 Å². The maximum atomic E-state index is 13.2. The normalized spacial score (nSPS) is 15.2. The Morgan fingerprint density at radius 1 is 1.09 bits per heavy atom. The molecule has 0 spiro atoms.